The highest BCUT2D eigenvalue weighted by atomic mass is 32.2. The normalized spacial score (nSPS) is 12.3. The number of hydrogen-bond acceptors (Lipinski definition) is 9. The first-order chi connectivity index (χ1) is 17.9. The molecule has 5 rings (SSSR count). The molecule has 0 saturated heterocycles. The lowest BCUT2D eigenvalue weighted by atomic mass is 10.0. The Labute approximate surface area is 221 Å². The second kappa shape index (κ2) is 10.7. The number of hydrogen-bond donors (Lipinski definition) is 3. The predicted molar refractivity (Wildman–Crippen MR) is 146 cm³/mol. The Balaban J connectivity index is 1.40. The fourth-order valence-corrected chi connectivity index (χ4v) is 5.80. The summed E-state index contributed by atoms with van der Waals surface area (Å²) in [6, 6.07) is 18.4. The van der Waals surface area contributed by atoms with E-state index in [0.717, 1.165) is 32.5 Å². The quantitative estimate of drug-likeness (QED) is 0.176. The average molecular weight is 555 g/mol. The van der Waals surface area contributed by atoms with E-state index in [-0.39, 0.29) is 11.7 Å². The van der Waals surface area contributed by atoms with Crippen LogP contribution in [0.15, 0.2) is 82.0 Å². The number of methoxy groups -OCH3 is 1. The molecule has 0 aliphatic carbocycles. The van der Waals surface area contributed by atoms with E-state index in [2.05, 4.69) is 10.3 Å². The van der Waals surface area contributed by atoms with E-state index in [9.17, 15) is 8.42 Å². The lowest BCUT2D eigenvalue weighted by molar-refractivity contribution is 0.415. The van der Waals surface area contributed by atoms with E-state index < -0.39 is 10.3 Å². The number of ether oxygens (including phenoxy) is 1. The largest absolute Gasteiger partial charge is 0.497 e. The molecule has 1 atom stereocenters. The lowest BCUT2D eigenvalue weighted by Gasteiger charge is -2.16. The smallest absolute Gasteiger partial charge is 0.357 e. The van der Waals surface area contributed by atoms with Crippen LogP contribution < -0.4 is 14.8 Å². The van der Waals surface area contributed by atoms with Gasteiger partial charge in [-0.2, -0.15) is 8.42 Å². The summed E-state index contributed by atoms with van der Waals surface area (Å²) in [4.78, 5) is 10.4. The second-order valence-corrected chi connectivity index (χ2v) is 11.0. The highest BCUT2D eigenvalue weighted by Crippen LogP contribution is 2.33. The molecule has 0 spiro atoms. The molecule has 0 saturated carbocycles. The van der Waals surface area contributed by atoms with E-state index in [1.165, 1.54) is 0 Å². The Morgan fingerprint density at radius 3 is 2.68 bits per heavy atom. The monoisotopic (exact) mass is 554 g/mol. The number of aromatic nitrogens is 2. The van der Waals surface area contributed by atoms with Crippen molar-refractivity contribution in [2.75, 3.05) is 17.1 Å². The molecular formula is C25H22N4O5S3. The molecule has 37 heavy (non-hydrogen) atoms. The average Bonchev–Trinajstić information content (AvgIpc) is 3.65. The Morgan fingerprint density at radius 2 is 1.95 bits per heavy atom. The third kappa shape index (κ3) is 6.35. The summed E-state index contributed by atoms with van der Waals surface area (Å²) in [7, 11) is -2.73. The van der Waals surface area contributed by atoms with Crippen LogP contribution in [0.5, 0.6) is 5.75 Å². The van der Waals surface area contributed by atoms with Gasteiger partial charge in [-0.25, -0.2) is 9.97 Å². The van der Waals surface area contributed by atoms with Crippen molar-refractivity contribution in [3.05, 3.63) is 88.9 Å². The zero-order chi connectivity index (χ0) is 25.8. The van der Waals surface area contributed by atoms with Crippen molar-refractivity contribution < 1.29 is 22.1 Å². The molecule has 3 heterocycles. The van der Waals surface area contributed by atoms with Gasteiger partial charge in [0.15, 0.2) is 5.76 Å². The number of nitrogens with one attached hydrogen (secondary N) is 2. The topological polar surface area (TPSA) is 127 Å². The van der Waals surface area contributed by atoms with Gasteiger partial charge in [-0.1, -0.05) is 30.3 Å². The molecule has 0 amide bonds. The van der Waals surface area contributed by atoms with Gasteiger partial charge in [-0.05, 0) is 47.7 Å². The third-order valence-electron chi connectivity index (χ3n) is 5.41. The van der Waals surface area contributed by atoms with Crippen LogP contribution in [0, 0.1) is 0 Å². The number of anilines is 2. The predicted octanol–water partition coefficient (Wildman–Crippen LogP) is 6.15. The zero-order valence-electron chi connectivity index (χ0n) is 19.5. The van der Waals surface area contributed by atoms with Gasteiger partial charge in [0.1, 0.15) is 10.8 Å². The molecule has 12 heteroatoms. The molecule has 9 nitrogen and oxygen atoms in total. The van der Waals surface area contributed by atoms with Crippen LogP contribution in [0.4, 0.5) is 11.7 Å². The number of nitrogens with zero attached hydrogens (tertiary/aromatic N) is 2. The van der Waals surface area contributed by atoms with E-state index >= 15 is 0 Å². The van der Waals surface area contributed by atoms with Crippen molar-refractivity contribution in [3.8, 4) is 27.0 Å². The molecule has 0 radical (unpaired) electrons. The van der Waals surface area contributed by atoms with Gasteiger partial charge in [-0.15, -0.1) is 22.7 Å². The second-order valence-electron chi connectivity index (χ2n) is 7.99. The van der Waals surface area contributed by atoms with E-state index in [1.54, 1.807) is 60.2 Å². The maximum atomic E-state index is 11.1. The Hall–Kier alpha value is -3.71. The summed E-state index contributed by atoms with van der Waals surface area (Å²) in [6.07, 6.45) is 2.18. The molecule has 2 aromatic carbocycles. The molecule has 0 unspecified atom stereocenters. The molecule has 0 bridgehead atoms. The van der Waals surface area contributed by atoms with Gasteiger partial charge < -0.3 is 14.5 Å². The summed E-state index contributed by atoms with van der Waals surface area (Å²) in [5.74, 6) is 1.31. The van der Waals surface area contributed by atoms with Crippen LogP contribution in [-0.2, 0) is 16.7 Å². The Kier molecular flexibility index (Phi) is 7.24. The Bertz CT molecular complexity index is 1580. The lowest BCUT2D eigenvalue weighted by Crippen LogP contribution is -2.15. The van der Waals surface area contributed by atoms with Crippen LogP contribution >= 0.6 is 22.7 Å². The first kappa shape index (κ1) is 25.0. The molecule has 0 fully saturated rings. The van der Waals surface area contributed by atoms with Gasteiger partial charge in [0, 0.05) is 10.9 Å². The van der Waals surface area contributed by atoms with Crippen LogP contribution in [0.1, 0.15) is 17.3 Å². The van der Waals surface area contributed by atoms with E-state index in [4.69, 9.17) is 18.7 Å². The fourth-order valence-electron chi connectivity index (χ4n) is 3.68. The number of thiophene rings is 1. The number of benzene rings is 2. The summed E-state index contributed by atoms with van der Waals surface area (Å²) < 4.78 is 44.6. The minimum absolute atomic E-state index is 0.264. The molecule has 190 valence electrons. The highest BCUT2D eigenvalue weighted by Gasteiger charge is 2.20. The van der Waals surface area contributed by atoms with E-state index in [0.29, 0.717) is 18.2 Å². The standard InChI is InChI=1S/C25H22N4O5S3/c1-33-19-5-2-4-17(13-19)22-14-26-25(34-22)28-20(21-15-36-24(27-21)23-6-3-11-35-23)12-16-7-9-18(10-8-16)29-37(30,31)32/h2-11,13-15,20,29H,12H2,1H3,(H,26,28)(H,30,31,32)/t20-/m0/s1. The molecular weight excluding hydrogens is 532 g/mol. The fraction of sp³-hybridized carbons (Fsp3) is 0.120. The van der Waals surface area contributed by atoms with Gasteiger partial charge in [-0.3, -0.25) is 9.27 Å². The maximum Gasteiger partial charge on any atom is 0.357 e. The first-order valence-electron chi connectivity index (χ1n) is 11.1. The first-order valence-corrected chi connectivity index (χ1v) is 14.3. The summed E-state index contributed by atoms with van der Waals surface area (Å²) in [5.41, 5.74) is 2.85. The van der Waals surface area contributed by atoms with Crippen LogP contribution in [0.2, 0.25) is 0 Å². The van der Waals surface area contributed by atoms with Gasteiger partial charge >= 0.3 is 10.3 Å². The summed E-state index contributed by atoms with van der Waals surface area (Å²) in [6.45, 7) is 0. The molecule has 3 N–H and O–H groups in total. The van der Waals surface area contributed by atoms with Crippen molar-refractivity contribution in [2.45, 2.75) is 12.5 Å². The summed E-state index contributed by atoms with van der Waals surface area (Å²) in [5, 5.41) is 8.31. The van der Waals surface area contributed by atoms with Crippen molar-refractivity contribution in [2.24, 2.45) is 0 Å². The van der Waals surface area contributed by atoms with E-state index in [1.807, 2.05) is 51.9 Å². The van der Waals surface area contributed by atoms with Crippen LogP contribution in [-0.4, -0.2) is 30.0 Å². The van der Waals surface area contributed by atoms with Crippen LogP contribution in [0.3, 0.4) is 0 Å². The maximum absolute atomic E-state index is 11.1. The molecule has 0 aliphatic heterocycles. The molecule has 5 aromatic rings. The number of oxazole rings is 1. The van der Waals surface area contributed by atoms with Gasteiger partial charge in [0.25, 0.3) is 6.01 Å². The minimum atomic E-state index is -4.34. The zero-order valence-corrected chi connectivity index (χ0v) is 21.9. The van der Waals surface area contributed by atoms with Crippen molar-refractivity contribution in [3.63, 3.8) is 0 Å². The summed E-state index contributed by atoms with van der Waals surface area (Å²) >= 11 is 3.19. The van der Waals surface area contributed by atoms with Crippen LogP contribution in [0.25, 0.3) is 21.2 Å². The molecule has 3 aromatic heterocycles. The highest BCUT2D eigenvalue weighted by molar-refractivity contribution is 7.87. The van der Waals surface area contributed by atoms with Crippen molar-refractivity contribution >= 4 is 44.7 Å². The number of thiazole rings is 1. The third-order valence-corrected chi connectivity index (χ3v) is 7.80. The minimum Gasteiger partial charge on any atom is -0.497 e. The SMILES string of the molecule is COc1cccc(-c2cnc(N[C@@H](Cc3ccc(NS(=O)(=O)O)cc3)c3csc(-c4cccs4)n3)o2)c1. The van der Waals surface area contributed by atoms with Crippen molar-refractivity contribution in [1.82, 2.24) is 9.97 Å². The van der Waals surface area contributed by atoms with Crippen molar-refractivity contribution in [1.29, 1.82) is 0 Å². The molecule has 0 aliphatic rings. The number of rotatable bonds is 10. The Morgan fingerprint density at radius 1 is 1.11 bits per heavy atom. The van der Waals surface area contributed by atoms with Gasteiger partial charge in [0.2, 0.25) is 0 Å². The van der Waals surface area contributed by atoms with Gasteiger partial charge in [0.05, 0.1) is 35.6 Å².